The first-order valence-electron chi connectivity index (χ1n) is 5.56. The number of benzene rings is 1. The van der Waals surface area contributed by atoms with Crippen molar-refractivity contribution in [2.75, 3.05) is 29.5 Å². The molecule has 2 N–H and O–H groups in total. The minimum Gasteiger partial charge on any atom is -0.370 e. The highest BCUT2D eigenvalue weighted by Gasteiger charge is 2.13. The smallest absolute Gasteiger partial charge is 0.0378 e. The number of halogens is 1. The summed E-state index contributed by atoms with van der Waals surface area (Å²) in [5, 5.41) is 0. The molecule has 0 bridgehead atoms. The normalized spacial score (nSPS) is 18.6. The van der Waals surface area contributed by atoms with Crippen LogP contribution in [0.25, 0.3) is 0 Å². The molecule has 0 aliphatic carbocycles. The molecule has 0 aromatic heterocycles. The summed E-state index contributed by atoms with van der Waals surface area (Å²) in [4.78, 5) is 2.44. The highest BCUT2D eigenvalue weighted by atomic mass is 79.9. The number of hydrogen-bond acceptors (Lipinski definition) is 3. The molecule has 1 fully saturated rings. The van der Waals surface area contributed by atoms with Crippen molar-refractivity contribution in [3.63, 3.8) is 0 Å². The van der Waals surface area contributed by atoms with E-state index in [1.807, 2.05) is 18.7 Å². The zero-order valence-electron chi connectivity index (χ0n) is 9.45. The molecule has 88 valence electrons. The number of anilines is 1. The van der Waals surface area contributed by atoms with E-state index in [4.69, 9.17) is 5.73 Å². The lowest BCUT2D eigenvalue weighted by Gasteiger charge is -2.29. The molecule has 0 amide bonds. The van der Waals surface area contributed by atoms with Crippen LogP contribution in [0.5, 0.6) is 0 Å². The molecular formula is C12H17BrN2S. The van der Waals surface area contributed by atoms with Gasteiger partial charge in [0, 0.05) is 40.8 Å². The molecule has 1 atom stereocenters. The Labute approximate surface area is 110 Å². The van der Waals surface area contributed by atoms with Crippen LogP contribution in [-0.4, -0.2) is 24.6 Å². The number of rotatable bonds is 2. The second kappa shape index (κ2) is 5.43. The average molecular weight is 301 g/mol. The Kier molecular flexibility index (Phi) is 4.16. The van der Waals surface area contributed by atoms with E-state index in [1.165, 1.54) is 22.8 Å². The van der Waals surface area contributed by atoms with Crippen LogP contribution in [0.3, 0.4) is 0 Å². The molecule has 0 spiro atoms. The minimum absolute atomic E-state index is 0.0836. The molecule has 2 nitrogen and oxygen atoms in total. The Morgan fingerprint density at radius 2 is 2.06 bits per heavy atom. The van der Waals surface area contributed by atoms with Gasteiger partial charge in [0.2, 0.25) is 0 Å². The van der Waals surface area contributed by atoms with Crippen LogP contribution in [0.2, 0.25) is 0 Å². The first-order valence-corrected chi connectivity index (χ1v) is 7.51. The van der Waals surface area contributed by atoms with Crippen molar-refractivity contribution < 1.29 is 0 Å². The van der Waals surface area contributed by atoms with Crippen molar-refractivity contribution in [2.45, 2.75) is 13.0 Å². The molecule has 0 unspecified atom stereocenters. The fraction of sp³-hybridized carbons (Fsp3) is 0.500. The molecule has 2 rings (SSSR count). The molecule has 1 heterocycles. The summed E-state index contributed by atoms with van der Waals surface area (Å²) in [6, 6.07) is 6.58. The van der Waals surface area contributed by atoms with Crippen LogP contribution in [0.4, 0.5) is 5.69 Å². The fourth-order valence-corrected chi connectivity index (χ4v) is 3.53. The molecule has 4 heteroatoms. The van der Waals surface area contributed by atoms with Gasteiger partial charge in [-0.25, -0.2) is 0 Å². The van der Waals surface area contributed by atoms with Crippen molar-refractivity contribution in [1.82, 2.24) is 0 Å². The standard InChI is InChI=1S/C12H17BrN2S/c1-9(14)11-3-2-10(8-12(11)13)15-4-6-16-7-5-15/h2-3,8-9H,4-7,14H2,1H3/t9-/m0/s1. The lowest BCUT2D eigenvalue weighted by Crippen LogP contribution is -2.32. The maximum Gasteiger partial charge on any atom is 0.0378 e. The molecule has 1 aliphatic rings. The third kappa shape index (κ3) is 2.73. The molecule has 1 aromatic rings. The highest BCUT2D eigenvalue weighted by Crippen LogP contribution is 2.28. The molecule has 1 aliphatic heterocycles. The summed E-state index contributed by atoms with van der Waals surface area (Å²) >= 11 is 5.63. The van der Waals surface area contributed by atoms with E-state index < -0.39 is 0 Å². The van der Waals surface area contributed by atoms with E-state index in [1.54, 1.807) is 0 Å². The zero-order valence-corrected chi connectivity index (χ0v) is 11.9. The van der Waals surface area contributed by atoms with Crippen molar-refractivity contribution in [2.24, 2.45) is 5.73 Å². The van der Waals surface area contributed by atoms with E-state index in [0.29, 0.717) is 0 Å². The molecule has 0 saturated carbocycles. The predicted molar refractivity (Wildman–Crippen MR) is 76.3 cm³/mol. The van der Waals surface area contributed by atoms with E-state index >= 15 is 0 Å². The van der Waals surface area contributed by atoms with Crippen molar-refractivity contribution in [3.05, 3.63) is 28.2 Å². The molecule has 1 aromatic carbocycles. The lowest BCUT2D eigenvalue weighted by molar-refractivity contribution is 0.809. The van der Waals surface area contributed by atoms with Gasteiger partial charge in [0.05, 0.1) is 0 Å². The van der Waals surface area contributed by atoms with E-state index in [9.17, 15) is 0 Å². The SMILES string of the molecule is C[C@H](N)c1ccc(N2CCSCC2)cc1Br. The lowest BCUT2D eigenvalue weighted by atomic mass is 10.1. The van der Waals surface area contributed by atoms with Gasteiger partial charge in [-0.1, -0.05) is 22.0 Å². The monoisotopic (exact) mass is 300 g/mol. The van der Waals surface area contributed by atoms with E-state index in [-0.39, 0.29) is 6.04 Å². The van der Waals surface area contributed by atoms with Crippen molar-refractivity contribution in [3.8, 4) is 0 Å². The Hall–Kier alpha value is -0.190. The number of hydrogen-bond donors (Lipinski definition) is 1. The molecule has 0 radical (unpaired) electrons. The largest absolute Gasteiger partial charge is 0.370 e. The van der Waals surface area contributed by atoms with Crippen LogP contribution in [0, 0.1) is 0 Å². The van der Waals surface area contributed by atoms with Crippen LogP contribution >= 0.6 is 27.7 Å². The zero-order chi connectivity index (χ0) is 11.5. The van der Waals surface area contributed by atoms with Crippen LogP contribution in [0.1, 0.15) is 18.5 Å². The summed E-state index contributed by atoms with van der Waals surface area (Å²) in [6.45, 7) is 4.31. The second-order valence-electron chi connectivity index (χ2n) is 4.09. The number of nitrogens with two attached hydrogens (primary N) is 1. The molecule has 16 heavy (non-hydrogen) atoms. The highest BCUT2D eigenvalue weighted by molar-refractivity contribution is 9.10. The Balaban J connectivity index is 2.19. The van der Waals surface area contributed by atoms with Gasteiger partial charge >= 0.3 is 0 Å². The van der Waals surface area contributed by atoms with E-state index in [0.717, 1.165) is 17.6 Å². The van der Waals surface area contributed by atoms with Gasteiger partial charge in [-0.15, -0.1) is 0 Å². The molecular weight excluding hydrogens is 284 g/mol. The Morgan fingerprint density at radius 3 is 2.62 bits per heavy atom. The van der Waals surface area contributed by atoms with Crippen LogP contribution in [0.15, 0.2) is 22.7 Å². The van der Waals surface area contributed by atoms with Gasteiger partial charge in [0.15, 0.2) is 0 Å². The van der Waals surface area contributed by atoms with Gasteiger partial charge in [-0.2, -0.15) is 11.8 Å². The van der Waals surface area contributed by atoms with Crippen LogP contribution < -0.4 is 10.6 Å². The molecule has 1 saturated heterocycles. The van der Waals surface area contributed by atoms with Crippen molar-refractivity contribution in [1.29, 1.82) is 0 Å². The van der Waals surface area contributed by atoms with Gasteiger partial charge in [0.1, 0.15) is 0 Å². The summed E-state index contributed by atoms with van der Waals surface area (Å²) in [5.41, 5.74) is 8.37. The number of nitrogens with zero attached hydrogens (tertiary/aromatic N) is 1. The fourth-order valence-electron chi connectivity index (χ4n) is 1.90. The van der Waals surface area contributed by atoms with Crippen LogP contribution in [-0.2, 0) is 0 Å². The Bertz CT molecular complexity index is 362. The third-order valence-corrected chi connectivity index (χ3v) is 4.48. The average Bonchev–Trinajstić information content (AvgIpc) is 2.29. The minimum atomic E-state index is 0.0836. The first kappa shape index (κ1) is 12.3. The quantitative estimate of drug-likeness (QED) is 0.910. The summed E-state index contributed by atoms with van der Waals surface area (Å²) < 4.78 is 1.12. The Morgan fingerprint density at radius 1 is 1.38 bits per heavy atom. The van der Waals surface area contributed by atoms with E-state index in [2.05, 4.69) is 39.0 Å². The number of thioether (sulfide) groups is 1. The second-order valence-corrected chi connectivity index (χ2v) is 6.17. The maximum atomic E-state index is 5.90. The van der Waals surface area contributed by atoms with Gasteiger partial charge in [-0.05, 0) is 24.6 Å². The summed E-state index contributed by atoms with van der Waals surface area (Å²) in [5.74, 6) is 2.46. The van der Waals surface area contributed by atoms with Gasteiger partial charge in [-0.3, -0.25) is 0 Å². The van der Waals surface area contributed by atoms with Gasteiger partial charge in [0.25, 0.3) is 0 Å². The first-order chi connectivity index (χ1) is 7.68. The maximum absolute atomic E-state index is 5.90. The third-order valence-electron chi connectivity index (χ3n) is 2.85. The summed E-state index contributed by atoms with van der Waals surface area (Å²) in [6.07, 6.45) is 0. The van der Waals surface area contributed by atoms with Gasteiger partial charge < -0.3 is 10.6 Å². The summed E-state index contributed by atoms with van der Waals surface area (Å²) in [7, 11) is 0. The predicted octanol–water partition coefficient (Wildman–Crippen LogP) is 3.02. The topological polar surface area (TPSA) is 29.3 Å². The van der Waals surface area contributed by atoms with Crippen molar-refractivity contribution >= 4 is 33.4 Å².